The Labute approximate surface area is 116 Å². The van der Waals surface area contributed by atoms with Gasteiger partial charge in [0.25, 0.3) is 0 Å². The molecule has 0 spiro atoms. The van der Waals surface area contributed by atoms with Crippen molar-refractivity contribution in [3.8, 4) is 0 Å². The molecule has 1 N–H and O–H groups in total. The van der Waals surface area contributed by atoms with Crippen LogP contribution in [-0.4, -0.2) is 42.9 Å². The number of nitrogens with zero attached hydrogens (tertiary/aromatic N) is 1. The predicted octanol–water partition coefficient (Wildman–Crippen LogP) is 2.46. The maximum atomic E-state index is 9.88. The lowest BCUT2D eigenvalue weighted by atomic mass is 10.2. The van der Waals surface area contributed by atoms with Crippen molar-refractivity contribution < 1.29 is 9.84 Å². The molecule has 0 heterocycles. The SMILES string of the molecule is CC(C)=CCN(C)CC(O)COCc1ccccc1. The Bertz CT molecular complexity index is 372. The molecule has 0 aliphatic carbocycles. The zero-order chi connectivity index (χ0) is 14.1. The second-order valence-electron chi connectivity index (χ2n) is 5.16. The first kappa shape index (κ1) is 15.9. The fourth-order valence-corrected chi connectivity index (χ4v) is 1.71. The van der Waals surface area contributed by atoms with Crippen molar-refractivity contribution >= 4 is 0 Å². The zero-order valence-corrected chi connectivity index (χ0v) is 12.2. The van der Waals surface area contributed by atoms with Crippen molar-refractivity contribution in [3.05, 3.63) is 47.5 Å². The number of likely N-dealkylation sites (N-methyl/N-ethyl adjacent to an activating group) is 1. The predicted molar refractivity (Wildman–Crippen MR) is 79.0 cm³/mol. The third-order valence-corrected chi connectivity index (χ3v) is 2.76. The standard InChI is InChI=1S/C16H25NO2/c1-14(2)9-10-17(3)11-16(18)13-19-12-15-7-5-4-6-8-15/h4-9,16,18H,10-13H2,1-3H3. The van der Waals surface area contributed by atoms with Crippen LogP contribution < -0.4 is 0 Å². The molecular weight excluding hydrogens is 238 g/mol. The van der Waals surface area contributed by atoms with E-state index in [2.05, 4.69) is 24.8 Å². The summed E-state index contributed by atoms with van der Waals surface area (Å²) in [4.78, 5) is 2.09. The highest BCUT2D eigenvalue weighted by Gasteiger charge is 2.07. The fourth-order valence-electron chi connectivity index (χ4n) is 1.71. The minimum atomic E-state index is -0.445. The summed E-state index contributed by atoms with van der Waals surface area (Å²) in [5, 5.41) is 9.88. The topological polar surface area (TPSA) is 32.7 Å². The first-order chi connectivity index (χ1) is 9.08. The minimum Gasteiger partial charge on any atom is -0.389 e. The van der Waals surface area contributed by atoms with Crippen molar-refractivity contribution in [3.63, 3.8) is 0 Å². The summed E-state index contributed by atoms with van der Waals surface area (Å²) in [5.41, 5.74) is 2.43. The third kappa shape index (κ3) is 7.78. The normalized spacial score (nSPS) is 12.5. The quantitative estimate of drug-likeness (QED) is 0.731. The molecule has 1 atom stereocenters. The van der Waals surface area contributed by atoms with Crippen molar-refractivity contribution in [1.82, 2.24) is 4.90 Å². The molecule has 0 bridgehead atoms. The third-order valence-electron chi connectivity index (χ3n) is 2.76. The molecule has 1 aromatic rings. The van der Waals surface area contributed by atoms with E-state index in [1.54, 1.807) is 0 Å². The summed E-state index contributed by atoms with van der Waals surface area (Å²) in [6.45, 7) is 6.56. The minimum absolute atomic E-state index is 0.369. The Morgan fingerprint density at radius 2 is 2.00 bits per heavy atom. The van der Waals surface area contributed by atoms with Crippen molar-refractivity contribution in [1.29, 1.82) is 0 Å². The van der Waals surface area contributed by atoms with Gasteiger partial charge in [0, 0.05) is 13.1 Å². The monoisotopic (exact) mass is 263 g/mol. The van der Waals surface area contributed by atoms with Crippen LogP contribution in [0, 0.1) is 0 Å². The summed E-state index contributed by atoms with van der Waals surface area (Å²) in [6, 6.07) is 10.0. The van der Waals surface area contributed by atoms with E-state index in [0.717, 1.165) is 12.1 Å². The van der Waals surface area contributed by atoms with E-state index in [-0.39, 0.29) is 0 Å². The lowest BCUT2D eigenvalue weighted by molar-refractivity contribution is 0.0151. The lowest BCUT2D eigenvalue weighted by Gasteiger charge is -2.19. The van der Waals surface area contributed by atoms with E-state index in [1.807, 2.05) is 37.4 Å². The van der Waals surface area contributed by atoms with Crippen LogP contribution >= 0.6 is 0 Å². The second kappa shape index (κ2) is 8.86. The van der Waals surface area contributed by atoms with Crippen LogP contribution in [-0.2, 0) is 11.3 Å². The molecule has 1 unspecified atom stereocenters. The van der Waals surface area contributed by atoms with Gasteiger partial charge in [0.15, 0.2) is 0 Å². The summed E-state index contributed by atoms with van der Waals surface area (Å²) in [6.07, 6.45) is 1.71. The highest BCUT2D eigenvalue weighted by Crippen LogP contribution is 2.01. The number of benzene rings is 1. The van der Waals surface area contributed by atoms with Crippen molar-refractivity contribution in [2.45, 2.75) is 26.6 Å². The maximum Gasteiger partial charge on any atom is 0.0900 e. The highest BCUT2D eigenvalue weighted by molar-refractivity contribution is 5.13. The molecule has 0 saturated carbocycles. The molecule has 0 amide bonds. The van der Waals surface area contributed by atoms with Gasteiger partial charge in [0.1, 0.15) is 0 Å². The number of allylic oxidation sites excluding steroid dienone is 1. The van der Waals surface area contributed by atoms with Gasteiger partial charge in [-0.3, -0.25) is 0 Å². The van der Waals surface area contributed by atoms with Crippen LogP contribution in [0.1, 0.15) is 19.4 Å². The van der Waals surface area contributed by atoms with Gasteiger partial charge >= 0.3 is 0 Å². The Morgan fingerprint density at radius 3 is 2.63 bits per heavy atom. The van der Waals surface area contributed by atoms with Crippen LogP contribution in [0.4, 0.5) is 0 Å². The molecule has 19 heavy (non-hydrogen) atoms. The van der Waals surface area contributed by atoms with E-state index >= 15 is 0 Å². The molecule has 106 valence electrons. The molecule has 1 rings (SSSR count). The van der Waals surface area contributed by atoms with Gasteiger partial charge < -0.3 is 14.7 Å². The van der Waals surface area contributed by atoms with Crippen LogP contribution in [0.2, 0.25) is 0 Å². The van der Waals surface area contributed by atoms with E-state index in [4.69, 9.17) is 4.74 Å². The summed E-state index contributed by atoms with van der Waals surface area (Å²) in [7, 11) is 2.00. The van der Waals surface area contributed by atoms with Crippen molar-refractivity contribution in [2.24, 2.45) is 0 Å². The van der Waals surface area contributed by atoms with E-state index in [9.17, 15) is 5.11 Å². The summed E-state index contributed by atoms with van der Waals surface area (Å²) < 4.78 is 5.52. The average Bonchev–Trinajstić information content (AvgIpc) is 2.37. The number of ether oxygens (including phenoxy) is 1. The molecule has 3 nitrogen and oxygen atoms in total. The van der Waals surface area contributed by atoms with E-state index in [0.29, 0.717) is 19.8 Å². The Balaban J connectivity index is 2.17. The van der Waals surface area contributed by atoms with Gasteiger partial charge in [-0.05, 0) is 26.5 Å². The van der Waals surface area contributed by atoms with Crippen LogP contribution in [0.3, 0.4) is 0 Å². The molecule has 0 aliphatic heterocycles. The Hall–Kier alpha value is -1.16. The summed E-state index contributed by atoms with van der Waals surface area (Å²) in [5.74, 6) is 0. The molecular formula is C16H25NO2. The van der Waals surface area contributed by atoms with Gasteiger partial charge in [-0.15, -0.1) is 0 Å². The van der Waals surface area contributed by atoms with Crippen LogP contribution in [0.5, 0.6) is 0 Å². The smallest absolute Gasteiger partial charge is 0.0900 e. The van der Waals surface area contributed by atoms with Gasteiger partial charge in [0.2, 0.25) is 0 Å². The van der Waals surface area contributed by atoms with Gasteiger partial charge in [-0.2, -0.15) is 0 Å². The molecule has 0 saturated heterocycles. The number of aliphatic hydroxyl groups excluding tert-OH is 1. The highest BCUT2D eigenvalue weighted by atomic mass is 16.5. The van der Waals surface area contributed by atoms with Crippen LogP contribution in [0.25, 0.3) is 0 Å². The largest absolute Gasteiger partial charge is 0.389 e. The van der Waals surface area contributed by atoms with Gasteiger partial charge in [-0.1, -0.05) is 42.0 Å². The summed E-state index contributed by atoms with van der Waals surface area (Å²) >= 11 is 0. The molecule has 0 fully saturated rings. The van der Waals surface area contributed by atoms with Gasteiger partial charge in [-0.25, -0.2) is 0 Å². The first-order valence-corrected chi connectivity index (χ1v) is 6.69. The number of hydrogen-bond donors (Lipinski definition) is 1. The Morgan fingerprint density at radius 1 is 1.32 bits per heavy atom. The van der Waals surface area contributed by atoms with Gasteiger partial charge in [0.05, 0.1) is 19.3 Å². The van der Waals surface area contributed by atoms with Crippen molar-refractivity contribution in [2.75, 3.05) is 26.7 Å². The molecule has 3 heteroatoms. The fraction of sp³-hybridized carbons (Fsp3) is 0.500. The number of rotatable bonds is 8. The van der Waals surface area contributed by atoms with E-state index in [1.165, 1.54) is 5.57 Å². The maximum absolute atomic E-state index is 9.88. The van der Waals surface area contributed by atoms with E-state index < -0.39 is 6.10 Å². The second-order valence-corrected chi connectivity index (χ2v) is 5.16. The molecule has 1 aromatic carbocycles. The average molecular weight is 263 g/mol. The molecule has 0 aliphatic rings. The first-order valence-electron chi connectivity index (χ1n) is 6.69. The number of aliphatic hydroxyl groups is 1. The molecule has 0 aromatic heterocycles. The Kier molecular flexibility index (Phi) is 7.41. The molecule has 0 radical (unpaired) electrons. The number of hydrogen-bond acceptors (Lipinski definition) is 3. The zero-order valence-electron chi connectivity index (χ0n) is 12.2. The van der Waals surface area contributed by atoms with Crippen LogP contribution in [0.15, 0.2) is 42.0 Å². The lowest BCUT2D eigenvalue weighted by Crippen LogP contribution is -2.32.